The Balaban J connectivity index is 1.36. The van der Waals surface area contributed by atoms with Crippen molar-refractivity contribution in [2.45, 2.75) is 26.3 Å². The Morgan fingerprint density at radius 2 is 1.86 bits per heavy atom. The molecule has 0 bridgehead atoms. The summed E-state index contributed by atoms with van der Waals surface area (Å²) in [6.07, 6.45) is 2.52. The van der Waals surface area contributed by atoms with Gasteiger partial charge in [0.1, 0.15) is 5.56 Å². The van der Waals surface area contributed by atoms with Crippen molar-refractivity contribution in [2.75, 3.05) is 24.5 Å². The number of aromatic nitrogens is 3. The van der Waals surface area contributed by atoms with Crippen LogP contribution in [0.15, 0.2) is 47.1 Å². The molecule has 2 fully saturated rings. The van der Waals surface area contributed by atoms with Crippen molar-refractivity contribution in [3.05, 3.63) is 59.5 Å². The Hall–Kier alpha value is -3.22. The molecular formula is C22H23N5O2. The van der Waals surface area contributed by atoms with Crippen molar-refractivity contribution >= 4 is 11.9 Å². The van der Waals surface area contributed by atoms with Crippen LogP contribution in [0.1, 0.15) is 28.2 Å². The van der Waals surface area contributed by atoms with Gasteiger partial charge in [-0.25, -0.2) is 9.97 Å². The van der Waals surface area contributed by atoms with Crippen LogP contribution in [0.25, 0.3) is 11.3 Å². The number of carbonyl (C=O) groups is 1. The number of aryl methyl sites for hydroxylation is 2. The molecule has 0 unspecified atom stereocenters. The number of fused-ring (bicyclic) bond motifs is 1. The van der Waals surface area contributed by atoms with Gasteiger partial charge in [-0.15, -0.1) is 0 Å². The first-order chi connectivity index (χ1) is 14.1. The summed E-state index contributed by atoms with van der Waals surface area (Å²) >= 11 is 0. The number of hydrogen-bond donors (Lipinski definition) is 0. The van der Waals surface area contributed by atoms with Crippen LogP contribution in [-0.2, 0) is 0 Å². The molecular weight excluding hydrogens is 366 g/mol. The molecule has 1 amide bonds. The van der Waals surface area contributed by atoms with Gasteiger partial charge in [-0.05, 0) is 26.3 Å². The third-order valence-corrected chi connectivity index (χ3v) is 5.90. The van der Waals surface area contributed by atoms with Gasteiger partial charge in [0.15, 0.2) is 5.76 Å². The Kier molecular flexibility index (Phi) is 4.30. The number of carbonyl (C=O) groups excluding carboxylic acids is 1. The van der Waals surface area contributed by atoms with Crippen LogP contribution in [0, 0.1) is 19.8 Å². The molecule has 29 heavy (non-hydrogen) atoms. The van der Waals surface area contributed by atoms with Gasteiger partial charge in [0, 0.05) is 42.5 Å². The average Bonchev–Trinajstić information content (AvgIpc) is 3.18. The molecule has 3 aromatic rings. The number of benzene rings is 1. The maximum absolute atomic E-state index is 13.3. The third-order valence-electron chi connectivity index (χ3n) is 5.90. The highest BCUT2D eigenvalue weighted by Crippen LogP contribution is 2.36. The number of piperidine rings is 1. The highest BCUT2D eigenvalue weighted by Gasteiger charge is 2.45. The van der Waals surface area contributed by atoms with Crippen molar-refractivity contribution in [3.63, 3.8) is 0 Å². The van der Waals surface area contributed by atoms with Crippen molar-refractivity contribution in [1.29, 1.82) is 0 Å². The maximum Gasteiger partial charge on any atom is 0.259 e. The predicted octanol–water partition coefficient (Wildman–Crippen LogP) is 3.10. The van der Waals surface area contributed by atoms with E-state index in [4.69, 9.17) is 4.52 Å². The molecule has 1 aromatic carbocycles. The minimum atomic E-state index is -0.0308. The van der Waals surface area contributed by atoms with Crippen LogP contribution < -0.4 is 4.90 Å². The molecule has 0 aliphatic carbocycles. The van der Waals surface area contributed by atoms with E-state index in [9.17, 15) is 4.79 Å². The van der Waals surface area contributed by atoms with Gasteiger partial charge in [-0.3, -0.25) is 4.79 Å². The van der Waals surface area contributed by atoms with Crippen molar-refractivity contribution < 1.29 is 9.32 Å². The van der Waals surface area contributed by atoms with Gasteiger partial charge in [-0.2, -0.15) is 0 Å². The summed E-state index contributed by atoms with van der Waals surface area (Å²) in [7, 11) is 0. The molecule has 148 valence electrons. The molecule has 0 radical (unpaired) electrons. The van der Waals surface area contributed by atoms with Crippen LogP contribution in [0.4, 0.5) is 5.95 Å². The number of anilines is 1. The van der Waals surface area contributed by atoms with E-state index in [1.165, 1.54) is 6.20 Å². The Morgan fingerprint density at radius 1 is 1.10 bits per heavy atom. The van der Waals surface area contributed by atoms with Crippen molar-refractivity contribution in [1.82, 2.24) is 20.0 Å². The molecule has 2 aliphatic rings. The van der Waals surface area contributed by atoms with E-state index in [0.29, 0.717) is 23.8 Å². The van der Waals surface area contributed by atoms with Gasteiger partial charge < -0.3 is 14.3 Å². The quantitative estimate of drug-likeness (QED) is 0.685. The standard InChI is InChI=1S/C22H23N5O2/c1-14-10-15(2)25-22(24-14)27-12-17-8-9-26(13-19(17)27)21(28)18-11-23-29-20(18)16-6-4-3-5-7-16/h3-7,10-11,17,19H,8-9,12-13H2,1-2H3/t17-,19-/m0/s1. The molecule has 0 saturated carbocycles. The highest BCUT2D eigenvalue weighted by molar-refractivity contribution is 5.99. The van der Waals surface area contributed by atoms with E-state index in [0.717, 1.165) is 42.4 Å². The lowest BCUT2D eigenvalue weighted by molar-refractivity contribution is 0.0589. The van der Waals surface area contributed by atoms with Crippen LogP contribution in [0.5, 0.6) is 0 Å². The zero-order valence-electron chi connectivity index (χ0n) is 16.6. The zero-order chi connectivity index (χ0) is 20.0. The van der Waals surface area contributed by atoms with Gasteiger partial charge in [0.25, 0.3) is 5.91 Å². The topological polar surface area (TPSA) is 75.4 Å². The summed E-state index contributed by atoms with van der Waals surface area (Å²) in [5, 5.41) is 3.89. The lowest BCUT2D eigenvalue weighted by Gasteiger charge is -2.53. The van der Waals surface area contributed by atoms with Gasteiger partial charge >= 0.3 is 0 Å². The third kappa shape index (κ3) is 3.16. The molecule has 7 heteroatoms. The largest absolute Gasteiger partial charge is 0.355 e. The molecule has 0 N–H and O–H groups in total. The minimum Gasteiger partial charge on any atom is -0.355 e. The van der Waals surface area contributed by atoms with Crippen molar-refractivity contribution in [3.8, 4) is 11.3 Å². The molecule has 2 aliphatic heterocycles. The van der Waals surface area contributed by atoms with Gasteiger partial charge in [0.05, 0.1) is 12.2 Å². The smallest absolute Gasteiger partial charge is 0.259 e. The number of amides is 1. The van der Waals surface area contributed by atoms with Crippen molar-refractivity contribution in [2.24, 2.45) is 5.92 Å². The summed E-state index contributed by atoms with van der Waals surface area (Å²) in [5.74, 6) is 1.85. The minimum absolute atomic E-state index is 0.0308. The zero-order valence-corrected chi connectivity index (χ0v) is 16.6. The summed E-state index contributed by atoms with van der Waals surface area (Å²) < 4.78 is 5.41. The summed E-state index contributed by atoms with van der Waals surface area (Å²) in [6, 6.07) is 11.9. The highest BCUT2D eigenvalue weighted by atomic mass is 16.5. The second-order valence-electron chi connectivity index (χ2n) is 7.90. The average molecular weight is 389 g/mol. The van der Waals surface area contributed by atoms with E-state index in [1.807, 2.05) is 55.1 Å². The lowest BCUT2D eigenvalue weighted by Crippen LogP contribution is -2.65. The van der Waals surface area contributed by atoms with Crippen LogP contribution in [-0.4, -0.2) is 51.6 Å². The second-order valence-corrected chi connectivity index (χ2v) is 7.90. The molecule has 5 rings (SSSR count). The van der Waals surface area contributed by atoms with E-state index >= 15 is 0 Å². The SMILES string of the molecule is Cc1cc(C)nc(N2C[C@@H]3CCN(C(=O)c4cnoc4-c4ccccc4)C[C@@H]32)n1. The van der Waals surface area contributed by atoms with Crippen LogP contribution in [0.3, 0.4) is 0 Å². The fourth-order valence-electron chi connectivity index (χ4n) is 4.41. The van der Waals surface area contributed by atoms with Crippen LogP contribution >= 0.6 is 0 Å². The summed E-state index contributed by atoms with van der Waals surface area (Å²) in [5.41, 5.74) is 3.31. The molecule has 2 atom stereocenters. The van der Waals surface area contributed by atoms with E-state index in [-0.39, 0.29) is 11.9 Å². The number of nitrogens with zero attached hydrogens (tertiary/aromatic N) is 5. The van der Waals surface area contributed by atoms with E-state index in [1.54, 1.807) is 0 Å². The number of hydrogen-bond acceptors (Lipinski definition) is 6. The summed E-state index contributed by atoms with van der Waals surface area (Å²) in [4.78, 5) is 26.6. The first-order valence-electron chi connectivity index (χ1n) is 9.98. The number of rotatable bonds is 3. The molecule has 7 nitrogen and oxygen atoms in total. The Labute approximate surface area is 169 Å². The van der Waals surface area contributed by atoms with E-state index in [2.05, 4.69) is 20.0 Å². The molecule has 0 spiro atoms. The maximum atomic E-state index is 13.3. The number of likely N-dealkylation sites (tertiary alicyclic amines) is 1. The second kappa shape index (κ2) is 6.99. The molecule has 2 saturated heterocycles. The normalized spacial score (nSPS) is 20.9. The van der Waals surface area contributed by atoms with Crippen LogP contribution in [0.2, 0.25) is 0 Å². The molecule has 2 aromatic heterocycles. The Morgan fingerprint density at radius 3 is 2.62 bits per heavy atom. The monoisotopic (exact) mass is 389 g/mol. The Bertz CT molecular complexity index is 1030. The summed E-state index contributed by atoms with van der Waals surface area (Å²) in [6.45, 7) is 6.35. The molecule has 4 heterocycles. The van der Waals surface area contributed by atoms with Gasteiger partial charge in [-0.1, -0.05) is 35.5 Å². The van der Waals surface area contributed by atoms with Gasteiger partial charge in [0.2, 0.25) is 5.95 Å². The fourth-order valence-corrected chi connectivity index (χ4v) is 4.41. The predicted molar refractivity (Wildman–Crippen MR) is 109 cm³/mol. The lowest BCUT2D eigenvalue weighted by atomic mass is 9.82. The van der Waals surface area contributed by atoms with E-state index < -0.39 is 0 Å². The first kappa shape index (κ1) is 17.8. The fraction of sp³-hybridized carbons (Fsp3) is 0.364. The first-order valence-corrected chi connectivity index (χ1v) is 9.98.